The first-order valence-electron chi connectivity index (χ1n) is 12.3. The number of ether oxygens (including phenoxy) is 2. The van der Waals surface area contributed by atoms with E-state index in [0.717, 1.165) is 22.1 Å². The highest BCUT2D eigenvalue weighted by molar-refractivity contribution is 6.13. The predicted molar refractivity (Wildman–Crippen MR) is 146 cm³/mol. The van der Waals surface area contributed by atoms with Crippen molar-refractivity contribution in [3.8, 4) is 16.9 Å². The molecule has 1 aliphatic heterocycles. The third kappa shape index (κ3) is 7.03. The highest BCUT2D eigenvalue weighted by Gasteiger charge is 2.19. The number of esters is 1. The molecule has 0 aliphatic carbocycles. The second-order valence-electron chi connectivity index (χ2n) is 8.17. The molecule has 3 aromatic carbocycles. The summed E-state index contributed by atoms with van der Waals surface area (Å²) in [6.07, 6.45) is 2.93. The van der Waals surface area contributed by atoms with Gasteiger partial charge in [-0.15, -0.1) is 0 Å². The van der Waals surface area contributed by atoms with Crippen molar-refractivity contribution in [2.75, 3.05) is 23.1 Å². The number of carbonyl (C=O) groups is 4. The first-order chi connectivity index (χ1) is 18.7. The average Bonchev–Trinajstić information content (AvgIpc) is 3.15. The van der Waals surface area contributed by atoms with Gasteiger partial charge in [0.2, 0.25) is 11.8 Å². The molecule has 0 radical (unpaired) electrons. The quantitative estimate of drug-likeness (QED) is 0.318. The number of benzene rings is 3. The van der Waals surface area contributed by atoms with E-state index in [9.17, 15) is 23.6 Å². The summed E-state index contributed by atoms with van der Waals surface area (Å²) in [6.45, 7) is 6.89. The van der Waals surface area contributed by atoms with E-state index in [-0.39, 0.29) is 48.1 Å². The summed E-state index contributed by atoms with van der Waals surface area (Å²) >= 11 is 0. The Morgan fingerprint density at radius 3 is 2.05 bits per heavy atom. The Bertz CT molecular complexity index is 1370. The molecular weight excluding hydrogens is 503 g/mol. The van der Waals surface area contributed by atoms with Gasteiger partial charge in [-0.1, -0.05) is 44.2 Å². The van der Waals surface area contributed by atoms with Crippen LogP contribution in [0.25, 0.3) is 11.1 Å². The molecule has 0 saturated carbocycles. The topological polar surface area (TPSA) is 93.2 Å². The Hall–Kier alpha value is -4.63. The molecule has 0 saturated heterocycles. The SMILES string of the molecule is CC.CC(=O)N(C(C)=O)c1ccc(-c2ccc(C(=O)Oc3ccc(N4COCC=CC4=O)cc3F)cc2)cc1. The molecule has 1 heterocycles. The van der Waals surface area contributed by atoms with Crippen LogP contribution in [-0.2, 0) is 19.1 Å². The molecule has 0 spiro atoms. The Kier molecular flexibility index (Phi) is 9.83. The summed E-state index contributed by atoms with van der Waals surface area (Å²) in [5.74, 6) is -2.91. The van der Waals surface area contributed by atoms with Gasteiger partial charge in [-0.25, -0.2) is 9.18 Å². The van der Waals surface area contributed by atoms with Gasteiger partial charge in [-0.2, -0.15) is 0 Å². The third-order valence-electron chi connectivity index (χ3n) is 5.60. The Morgan fingerprint density at radius 2 is 1.49 bits per heavy atom. The van der Waals surface area contributed by atoms with Crippen LogP contribution in [0.1, 0.15) is 38.1 Å². The van der Waals surface area contributed by atoms with Crippen LogP contribution in [0.3, 0.4) is 0 Å². The normalized spacial score (nSPS) is 12.6. The second-order valence-corrected chi connectivity index (χ2v) is 8.17. The summed E-state index contributed by atoms with van der Waals surface area (Å²) in [5, 5.41) is 0. The van der Waals surface area contributed by atoms with E-state index < -0.39 is 11.8 Å². The lowest BCUT2D eigenvalue weighted by molar-refractivity contribution is -0.124. The molecule has 1 aliphatic rings. The molecule has 3 aromatic rings. The van der Waals surface area contributed by atoms with Crippen molar-refractivity contribution in [3.63, 3.8) is 0 Å². The fraction of sp³-hybridized carbons (Fsp3) is 0.200. The smallest absolute Gasteiger partial charge is 0.343 e. The summed E-state index contributed by atoms with van der Waals surface area (Å²) in [7, 11) is 0. The van der Waals surface area contributed by atoms with E-state index in [0.29, 0.717) is 5.69 Å². The average molecular weight is 533 g/mol. The standard InChI is InChI=1S/C28H23FN2O6.C2H6/c1-18(32)31(19(2)33)23-11-9-21(10-12-23)20-5-7-22(8-6-20)28(35)37-26-14-13-24(16-25(26)29)30-17-36-15-3-4-27(30)34;1-2/h3-14,16H,15,17H2,1-2H3;1-2H3. The minimum Gasteiger partial charge on any atom is -0.420 e. The van der Waals surface area contributed by atoms with E-state index in [1.54, 1.807) is 54.6 Å². The van der Waals surface area contributed by atoms with Crippen molar-refractivity contribution >= 4 is 35.1 Å². The highest BCUT2D eigenvalue weighted by Crippen LogP contribution is 2.27. The van der Waals surface area contributed by atoms with Crippen molar-refractivity contribution in [2.45, 2.75) is 27.7 Å². The van der Waals surface area contributed by atoms with Gasteiger partial charge in [0, 0.05) is 31.7 Å². The number of nitrogens with zero attached hydrogens (tertiary/aromatic N) is 2. The lowest BCUT2D eigenvalue weighted by atomic mass is 10.0. The predicted octanol–water partition coefficient (Wildman–Crippen LogP) is 5.51. The van der Waals surface area contributed by atoms with E-state index in [1.807, 2.05) is 13.8 Å². The number of hydrogen-bond acceptors (Lipinski definition) is 6. The largest absolute Gasteiger partial charge is 0.420 e. The third-order valence-corrected chi connectivity index (χ3v) is 5.60. The highest BCUT2D eigenvalue weighted by atomic mass is 19.1. The van der Waals surface area contributed by atoms with Crippen LogP contribution in [0.4, 0.5) is 15.8 Å². The summed E-state index contributed by atoms with van der Waals surface area (Å²) < 4.78 is 25.2. The molecule has 4 rings (SSSR count). The first kappa shape index (κ1) is 28.9. The van der Waals surface area contributed by atoms with Crippen molar-refractivity contribution in [1.82, 2.24) is 0 Å². The van der Waals surface area contributed by atoms with E-state index in [2.05, 4.69) is 0 Å². The van der Waals surface area contributed by atoms with Gasteiger partial charge in [-0.05, 0) is 47.5 Å². The van der Waals surface area contributed by atoms with Gasteiger partial charge >= 0.3 is 5.97 Å². The van der Waals surface area contributed by atoms with Gasteiger partial charge < -0.3 is 9.47 Å². The van der Waals surface area contributed by atoms with E-state index >= 15 is 0 Å². The molecule has 0 atom stereocenters. The zero-order chi connectivity index (χ0) is 28.5. The monoisotopic (exact) mass is 532 g/mol. The van der Waals surface area contributed by atoms with Crippen LogP contribution in [0, 0.1) is 5.82 Å². The molecule has 9 heteroatoms. The number of carbonyl (C=O) groups excluding carboxylic acids is 4. The fourth-order valence-electron chi connectivity index (χ4n) is 3.80. The van der Waals surface area contributed by atoms with Gasteiger partial charge in [-0.3, -0.25) is 24.2 Å². The number of amides is 3. The molecule has 0 unspecified atom stereocenters. The first-order valence-corrected chi connectivity index (χ1v) is 12.3. The van der Waals surface area contributed by atoms with Crippen LogP contribution in [0.5, 0.6) is 5.75 Å². The van der Waals surface area contributed by atoms with Gasteiger partial charge in [0.25, 0.3) is 5.91 Å². The molecule has 202 valence electrons. The summed E-state index contributed by atoms with van der Waals surface area (Å²) in [4.78, 5) is 50.5. The molecule has 0 fully saturated rings. The van der Waals surface area contributed by atoms with Crippen LogP contribution < -0.4 is 14.5 Å². The summed E-state index contributed by atoms with van der Waals surface area (Å²) in [5.41, 5.74) is 2.54. The number of anilines is 2. The number of halogens is 1. The Morgan fingerprint density at radius 1 is 0.897 bits per heavy atom. The maximum Gasteiger partial charge on any atom is 0.343 e. The van der Waals surface area contributed by atoms with Crippen LogP contribution in [0.15, 0.2) is 78.9 Å². The van der Waals surface area contributed by atoms with Gasteiger partial charge in [0.15, 0.2) is 11.6 Å². The molecule has 39 heavy (non-hydrogen) atoms. The van der Waals surface area contributed by atoms with Crippen LogP contribution >= 0.6 is 0 Å². The number of hydrogen-bond donors (Lipinski definition) is 0. The summed E-state index contributed by atoms with van der Waals surface area (Å²) in [6, 6.07) is 17.2. The van der Waals surface area contributed by atoms with Crippen molar-refractivity contribution in [1.29, 1.82) is 0 Å². The Balaban J connectivity index is 0.00000205. The minimum atomic E-state index is -0.797. The van der Waals surface area contributed by atoms with E-state index in [4.69, 9.17) is 9.47 Å². The maximum absolute atomic E-state index is 14.7. The number of rotatable bonds is 5. The van der Waals surface area contributed by atoms with Crippen LogP contribution in [-0.4, -0.2) is 37.0 Å². The maximum atomic E-state index is 14.7. The van der Waals surface area contributed by atoms with Crippen molar-refractivity contribution in [2.24, 2.45) is 0 Å². The number of imide groups is 1. The molecule has 0 aromatic heterocycles. The van der Waals surface area contributed by atoms with Crippen molar-refractivity contribution in [3.05, 3.63) is 90.3 Å². The minimum absolute atomic E-state index is 0.0226. The lowest BCUT2D eigenvalue weighted by Crippen LogP contribution is -2.32. The lowest BCUT2D eigenvalue weighted by Gasteiger charge is -2.20. The van der Waals surface area contributed by atoms with Gasteiger partial charge in [0.05, 0.1) is 17.9 Å². The molecule has 0 bridgehead atoms. The zero-order valence-electron chi connectivity index (χ0n) is 22.1. The molecule has 3 amide bonds. The van der Waals surface area contributed by atoms with Gasteiger partial charge in [0.1, 0.15) is 6.73 Å². The fourth-order valence-corrected chi connectivity index (χ4v) is 3.80. The Labute approximate surface area is 226 Å². The van der Waals surface area contributed by atoms with E-state index in [1.165, 1.54) is 37.0 Å². The molecular formula is C30H29FN2O6. The second kappa shape index (κ2) is 13.3. The molecule has 8 nitrogen and oxygen atoms in total. The zero-order valence-corrected chi connectivity index (χ0v) is 22.1. The molecule has 0 N–H and O–H groups in total. The van der Waals surface area contributed by atoms with Crippen LogP contribution in [0.2, 0.25) is 0 Å². The van der Waals surface area contributed by atoms with Crippen molar-refractivity contribution < 1.29 is 33.0 Å².